The van der Waals surface area contributed by atoms with Crippen LogP contribution < -0.4 is 0 Å². The van der Waals surface area contributed by atoms with Gasteiger partial charge < -0.3 is 4.74 Å². The van der Waals surface area contributed by atoms with Crippen molar-refractivity contribution < 1.29 is 4.74 Å². The van der Waals surface area contributed by atoms with Crippen LogP contribution in [-0.2, 0) is 17.8 Å². The number of halogens is 2. The van der Waals surface area contributed by atoms with Crippen LogP contribution in [0.25, 0.3) is 10.9 Å². The smallest absolute Gasteiger partial charge is 0.0862 e. The predicted molar refractivity (Wildman–Crippen MR) is 67.8 cm³/mol. The maximum Gasteiger partial charge on any atom is 0.0862 e. The molecule has 0 N–H and O–H groups in total. The summed E-state index contributed by atoms with van der Waals surface area (Å²) in [5, 5.41) is 1.77. The van der Waals surface area contributed by atoms with Crippen LogP contribution in [-0.4, -0.2) is 11.6 Å². The van der Waals surface area contributed by atoms with Crippen molar-refractivity contribution >= 4 is 38.4 Å². The van der Waals surface area contributed by atoms with Gasteiger partial charge in [-0.1, -0.05) is 23.7 Å². The van der Waals surface area contributed by atoms with E-state index in [1.807, 2.05) is 18.2 Å². The molecule has 1 aliphatic heterocycles. The molecule has 0 amide bonds. The van der Waals surface area contributed by atoms with E-state index < -0.39 is 0 Å². The lowest BCUT2D eigenvalue weighted by Crippen LogP contribution is -2.12. The summed E-state index contributed by atoms with van der Waals surface area (Å²) in [6.07, 6.45) is 0.840. The fourth-order valence-electron chi connectivity index (χ4n) is 1.99. The monoisotopic (exact) mass is 297 g/mol. The van der Waals surface area contributed by atoms with Gasteiger partial charge in [0.2, 0.25) is 0 Å². The van der Waals surface area contributed by atoms with Crippen LogP contribution in [0.4, 0.5) is 0 Å². The second kappa shape index (κ2) is 3.99. The quantitative estimate of drug-likeness (QED) is 0.739. The van der Waals surface area contributed by atoms with Crippen LogP contribution in [0.5, 0.6) is 0 Å². The molecule has 4 heteroatoms. The first-order valence-electron chi connectivity index (χ1n) is 5.10. The molecule has 1 aromatic heterocycles. The normalized spacial score (nSPS) is 15.1. The van der Waals surface area contributed by atoms with Crippen molar-refractivity contribution in [3.63, 3.8) is 0 Å². The molecule has 0 radical (unpaired) electrons. The third-order valence-electron chi connectivity index (χ3n) is 2.81. The zero-order chi connectivity index (χ0) is 11.1. The molecule has 0 bridgehead atoms. The van der Waals surface area contributed by atoms with E-state index in [9.17, 15) is 0 Å². The Morgan fingerprint density at radius 2 is 2.25 bits per heavy atom. The van der Waals surface area contributed by atoms with Gasteiger partial charge in [-0.25, -0.2) is 0 Å². The second-order valence-electron chi connectivity index (χ2n) is 3.79. The number of para-hydroxylation sites is 1. The van der Waals surface area contributed by atoms with E-state index in [1.54, 1.807) is 0 Å². The molecular formula is C12H9BrClNO. The summed E-state index contributed by atoms with van der Waals surface area (Å²) in [7, 11) is 0. The van der Waals surface area contributed by atoms with Crippen LogP contribution in [0.3, 0.4) is 0 Å². The number of benzene rings is 1. The van der Waals surface area contributed by atoms with Gasteiger partial charge in [0, 0.05) is 21.8 Å². The van der Waals surface area contributed by atoms with Crippen molar-refractivity contribution in [1.82, 2.24) is 4.98 Å². The van der Waals surface area contributed by atoms with Crippen molar-refractivity contribution in [2.75, 3.05) is 6.61 Å². The fourth-order valence-corrected chi connectivity index (χ4v) is 2.77. The maximum atomic E-state index is 6.39. The van der Waals surface area contributed by atoms with Gasteiger partial charge in [-0.15, -0.1) is 0 Å². The Balaban J connectivity index is 2.39. The van der Waals surface area contributed by atoms with Crippen molar-refractivity contribution in [3.8, 4) is 0 Å². The number of ether oxygens (including phenoxy) is 1. The van der Waals surface area contributed by atoms with Gasteiger partial charge in [0.25, 0.3) is 0 Å². The number of nitrogens with zero attached hydrogens (tertiary/aromatic N) is 1. The van der Waals surface area contributed by atoms with Crippen LogP contribution >= 0.6 is 27.5 Å². The van der Waals surface area contributed by atoms with E-state index in [-0.39, 0.29) is 0 Å². The molecule has 0 unspecified atom stereocenters. The van der Waals surface area contributed by atoms with Gasteiger partial charge in [0.1, 0.15) is 0 Å². The molecule has 2 heterocycles. The largest absolute Gasteiger partial charge is 0.376 e. The molecule has 0 aliphatic carbocycles. The minimum Gasteiger partial charge on any atom is -0.376 e. The van der Waals surface area contributed by atoms with E-state index >= 15 is 0 Å². The van der Waals surface area contributed by atoms with Crippen molar-refractivity contribution in [2.24, 2.45) is 0 Å². The van der Waals surface area contributed by atoms with Gasteiger partial charge in [-0.05, 0) is 22.0 Å². The first-order valence-corrected chi connectivity index (χ1v) is 6.27. The lowest BCUT2D eigenvalue weighted by molar-refractivity contribution is 0.109. The summed E-state index contributed by atoms with van der Waals surface area (Å²) in [5.74, 6) is 0. The maximum absolute atomic E-state index is 6.39. The van der Waals surface area contributed by atoms with E-state index in [2.05, 4.69) is 20.9 Å². The molecule has 0 saturated carbocycles. The van der Waals surface area contributed by atoms with E-state index in [1.165, 1.54) is 0 Å². The third-order valence-corrected chi connectivity index (χ3v) is 3.88. The molecular weight excluding hydrogens is 289 g/mol. The first kappa shape index (κ1) is 10.5. The highest BCUT2D eigenvalue weighted by Crippen LogP contribution is 2.33. The Morgan fingerprint density at radius 3 is 3.12 bits per heavy atom. The highest BCUT2D eigenvalue weighted by Gasteiger charge is 2.17. The molecule has 0 atom stereocenters. The molecule has 0 fully saturated rings. The van der Waals surface area contributed by atoms with Crippen molar-refractivity contribution in [3.05, 3.63) is 39.0 Å². The molecule has 82 valence electrons. The zero-order valence-corrected chi connectivity index (χ0v) is 10.8. The summed E-state index contributed by atoms with van der Waals surface area (Å²) in [6, 6.07) is 5.94. The molecule has 3 rings (SSSR count). The number of hydrogen-bond donors (Lipinski definition) is 0. The molecule has 1 aromatic carbocycles. The topological polar surface area (TPSA) is 22.1 Å². The van der Waals surface area contributed by atoms with Crippen molar-refractivity contribution in [1.29, 1.82) is 0 Å². The highest BCUT2D eigenvalue weighted by atomic mass is 79.9. The summed E-state index contributed by atoms with van der Waals surface area (Å²) in [6.45, 7) is 1.30. The highest BCUT2D eigenvalue weighted by molar-refractivity contribution is 9.10. The lowest BCUT2D eigenvalue weighted by Gasteiger charge is -2.18. The number of pyridine rings is 1. The van der Waals surface area contributed by atoms with E-state index in [4.69, 9.17) is 16.3 Å². The van der Waals surface area contributed by atoms with Gasteiger partial charge in [0.15, 0.2) is 0 Å². The van der Waals surface area contributed by atoms with Crippen molar-refractivity contribution in [2.45, 2.75) is 13.0 Å². The third kappa shape index (κ3) is 1.54. The summed E-state index contributed by atoms with van der Waals surface area (Å²) in [5.41, 5.74) is 3.04. The molecule has 0 saturated heterocycles. The number of aromatic nitrogens is 1. The number of hydrogen-bond acceptors (Lipinski definition) is 2. The predicted octanol–water partition coefficient (Wildman–Crippen LogP) is 3.72. The lowest BCUT2D eigenvalue weighted by atomic mass is 10.1. The molecule has 16 heavy (non-hydrogen) atoms. The molecule has 1 aliphatic rings. The molecule has 2 aromatic rings. The van der Waals surface area contributed by atoms with E-state index in [0.29, 0.717) is 6.61 Å². The van der Waals surface area contributed by atoms with Gasteiger partial charge in [-0.2, -0.15) is 0 Å². The fraction of sp³-hybridized carbons (Fsp3) is 0.250. The summed E-state index contributed by atoms with van der Waals surface area (Å²) >= 11 is 9.90. The van der Waals surface area contributed by atoms with E-state index in [0.717, 1.165) is 44.7 Å². The summed E-state index contributed by atoms with van der Waals surface area (Å²) in [4.78, 5) is 4.66. The zero-order valence-electron chi connectivity index (χ0n) is 8.46. The molecule has 2 nitrogen and oxygen atoms in total. The van der Waals surface area contributed by atoms with Gasteiger partial charge in [0.05, 0.1) is 29.4 Å². The Labute approximate surface area is 107 Å². The van der Waals surface area contributed by atoms with Crippen LogP contribution in [0.15, 0.2) is 22.7 Å². The minimum atomic E-state index is 0.573. The van der Waals surface area contributed by atoms with Crippen LogP contribution in [0.1, 0.15) is 11.3 Å². The summed E-state index contributed by atoms with van der Waals surface area (Å²) < 4.78 is 6.41. The Morgan fingerprint density at radius 1 is 1.38 bits per heavy atom. The first-order chi connectivity index (χ1) is 7.77. The standard InChI is InChI=1S/C12H9BrClNO/c13-9-3-1-2-7-11(14)8-6-16-5-4-10(8)15-12(7)9/h1-3H,4-6H2. The number of rotatable bonds is 0. The Bertz CT molecular complexity index is 570. The van der Waals surface area contributed by atoms with Crippen LogP contribution in [0, 0.1) is 0 Å². The van der Waals surface area contributed by atoms with Gasteiger partial charge in [-0.3, -0.25) is 4.98 Å². The molecule has 0 spiro atoms. The average Bonchev–Trinajstić information content (AvgIpc) is 2.31. The van der Waals surface area contributed by atoms with Gasteiger partial charge >= 0.3 is 0 Å². The van der Waals surface area contributed by atoms with Crippen LogP contribution in [0.2, 0.25) is 5.02 Å². The average molecular weight is 299 g/mol. The number of fused-ring (bicyclic) bond motifs is 2. The SMILES string of the molecule is Clc1c2c(nc3c(Br)cccc13)CCOC2. The Hall–Kier alpha value is -0.640. The minimum absolute atomic E-state index is 0.573. The second-order valence-corrected chi connectivity index (χ2v) is 5.02. The Kier molecular flexibility index (Phi) is 2.62.